The van der Waals surface area contributed by atoms with E-state index in [2.05, 4.69) is 0 Å². The topological polar surface area (TPSA) is 195 Å². The van der Waals surface area contributed by atoms with Crippen molar-refractivity contribution in [2.24, 2.45) is 0 Å². The molecule has 16 N–H and O–H groups in total. The van der Waals surface area contributed by atoms with Gasteiger partial charge in [0.05, 0.1) is 0 Å². The van der Waals surface area contributed by atoms with Crippen LogP contribution in [0.5, 0.6) is 5.75 Å². The zero-order chi connectivity index (χ0) is 5.11. The number of aromatic hydroxyl groups is 1. The Hall–Kier alpha value is -0.544. The van der Waals surface area contributed by atoms with Gasteiger partial charge in [-0.1, -0.05) is 18.2 Å². The van der Waals surface area contributed by atoms with E-state index in [9.17, 15) is 0 Å². The van der Waals surface area contributed by atoms with Crippen LogP contribution in [0.1, 0.15) is 0 Å². The summed E-state index contributed by atoms with van der Waals surface area (Å²) in [6, 6.07) is 8.71. The molecule has 1 rings (SSSR count). The Labute approximate surface area is 92.1 Å². The van der Waals surface area contributed by atoms with Crippen molar-refractivity contribution in [1.29, 1.82) is 0 Å². The minimum atomic E-state index is 0. The first-order chi connectivity index (χ1) is 3.39. The first-order valence-electron chi connectivity index (χ1n) is 2.13. The van der Waals surface area contributed by atoms with Gasteiger partial charge in [0, 0.05) is 0 Å². The fourth-order valence-electron chi connectivity index (χ4n) is 0.428. The van der Waals surface area contributed by atoms with E-state index in [1.165, 1.54) is 0 Å². The van der Waals surface area contributed by atoms with Crippen molar-refractivity contribution < 1.29 is 24.9 Å². The Bertz CT molecular complexity index is 151. The van der Waals surface area contributed by atoms with Crippen LogP contribution in [0.4, 0.5) is 0 Å². The van der Waals surface area contributed by atoms with Crippen molar-refractivity contribution in [3.8, 4) is 5.75 Å². The van der Waals surface area contributed by atoms with Crippen LogP contribution in [0.25, 0.3) is 0 Å². The minimum Gasteiger partial charge on any atom is -0.508 e. The normalized spacial score (nSPS) is 4.62. The summed E-state index contributed by atoms with van der Waals surface area (Å²) in [7, 11) is 0. The van der Waals surface area contributed by atoms with Gasteiger partial charge in [0.2, 0.25) is 0 Å². The van der Waals surface area contributed by atoms with Crippen LogP contribution in [-0.4, -0.2) is 5.11 Å². The molecule has 0 heterocycles. The summed E-state index contributed by atoms with van der Waals surface area (Å²) in [5.74, 6) is 0.322. The van der Waals surface area contributed by atoms with Gasteiger partial charge in [0.25, 0.3) is 0 Å². The van der Waals surface area contributed by atoms with Crippen LogP contribution in [0.2, 0.25) is 0 Å². The molecule has 0 unspecified atom stereocenters. The number of para-hydroxylation sites is 1. The Morgan fingerprint density at radius 3 is 1.15 bits per heavy atom. The third-order valence-corrected chi connectivity index (χ3v) is 0.756. The summed E-state index contributed by atoms with van der Waals surface area (Å²) in [5, 5.41) is 8.63. The molecule has 1 aromatic rings. The van der Waals surface area contributed by atoms with E-state index in [0.717, 1.165) is 0 Å². The van der Waals surface area contributed by atoms with Gasteiger partial charge in [-0.15, -0.1) is 0 Å². The van der Waals surface area contributed by atoms with Gasteiger partial charge in [0.15, 0.2) is 0 Å². The maximum atomic E-state index is 8.63. The first kappa shape index (κ1) is 39.2. The number of benzene rings is 1. The summed E-state index contributed by atoms with van der Waals surface area (Å²) in [4.78, 5) is 0. The summed E-state index contributed by atoms with van der Waals surface area (Å²) < 4.78 is 0. The summed E-state index contributed by atoms with van der Waals surface area (Å²) in [6.45, 7) is 0. The molecule has 13 heavy (non-hydrogen) atoms. The van der Waals surface area contributed by atoms with Crippen LogP contribution in [-0.2, 0) is 19.8 Å². The van der Waals surface area contributed by atoms with Crippen molar-refractivity contribution in [2.45, 2.75) is 0 Å². The molecule has 0 aliphatic rings. The van der Waals surface area contributed by atoms with E-state index < -0.39 is 0 Å². The van der Waals surface area contributed by atoms with Crippen molar-refractivity contribution in [3.05, 3.63) is 30.3 Å². The molecule has 0 spiro atoms. The van der Waals surface area contributed by atoms with Crippen molar-refractivity contribution in [3.63, 3.8) is 0 Å². The molecule has 0 amide bonds. The zero-order valence-corrected chi connectivity index (χ0v) is 10.3. The second kappa shape index (κ2) is 22.5. The summed E-state index contributed by atoms with van der Waals surface area (Å²) in [6.07, 6.45) is 0. The number of hydrogen-bond acceptors (Lipinski definition) is 6. The summed E-state index contributed by atoms with van der Waals surface area (Å²) >= 11 is 0. The largest absolute Gasteiger partial charge is 7.00 e. The van der Waals surface area contributed by atoms with E-state index >= 15 is 0 Å². The molecule has 7 heteroatoms. The quantitative estimate of drug-likeness (QED) is 0.405. The number of hydrogen-bond donors (Lipinski definition) is 6. The van der Waals surface area contributed by atoms with Crippen molar-refractivity contribution >= 4 is 0 Å². The number of phenols is 1. The second-order valence-electron chi connectivity index (χ2n) is 1.34. The van der Waals surface area contributed by atoms with Crippen LogP contribution in [0.15, 0.2) is 30.3 Å². The Balaban J connectivity index is -0.0000000204. The molecular weight excluding hydrogens is 348 g/mol. The maximum absolute atomic E-state index is 8.63. The van der Waals surface area contributed by atoms with E-state index in [-0.39, 0.29) is 50.5 Å². The van der Waals surface area contributed by atoms with Crippen molar-refractivity contribution in [1.82, 2.24) is 30.8 Å². The average molecular weight is 369 g/mol. The molecule has 0 bridgehead atoms. The molecule has 0 fully saturated rings. The second-order valence-corrected chi connectivity index (χ2v) is 1.34. The van der Waals surface area contributed by atoms with Gasteiger partial charge >= 0.3 is 19.8 Å². The fraction of sp³-hybridized carbons (Fsp3) is 0. The number of phenolic OH excluding ortho intramolecular Hbond substituents is 1. The molecular formula is C6H21N5OOs+7. The molecule has 0 saturated heterocycles. The standard InChI is InChI=1S/C6H6O.5H3N.Os/c7-6-4-2-1-3-5-6;;;;;;/h1-5,7H;5*1H3;/q;;;;;;+7. The van der Waals surface area contributed by atoms with Crippen LogP contribution in [0.3, 0.4) is 0 Å². The van der Waals surface area contributed by atoms with E-state index in [1.807, 2.05) is 6.07 Å². The van der Waals surface area contributed by atoms with E-state index in [0.29, 0.717) is 5.75 Å². The van der Waals surface area contributed by atoms with E-state index in [4.69, 9.17) is 5.11 Å². The molecule has 0 aliphatic heterocycles. The van der Waals surface area contributed by atoms with Gasteiger partial charge in [0.1, 0.15) is 5.75 Å². The third-order valence-electron chi connectivity index (χ3n) is 0.756. The molecule has 1 aromatic carbocycles. The molecule has 77 valence electrons. The molecule has 0 aromatic heterocycles. The molecule has 6 nitrogen and oxygen atoms in total. The van der Waals surface area contributed by atoms with Crippen molar-refractivity contribution in [2.75, 3.05) is 0 Å². The first-order valence-corrected chi connectivity index (χ1v) is 2.13. The summed E-state index contributed by atoms with van der Waals surface area (Å²) in [5.41, 5.74) is 0. The average Bonchev–Trinajstić information content (AvgIpc) is 1.69. The van der Waals surface area contributed by atoms with Crippen LogP contribution in [0, 0.1) is 0 Å². The van der Waals surface area contributed by atoms with Gasteiger partial charge in [-0.05, 0) is 12.1 Å². The smallest absolute Gasteiger partial charge is 0.508 e. The molecule has 0 atom stereocenters. The van der Waals surface area contributed by atoms with Crippen LogP contribution < -0.4 is 30.8 Å². The SMILES string of the molecule is N.N.N.N.N.Oc1ccccc1.[Os+7]. The van der Waals surface area contributed by atoms with Gasteiger partial charge < -0.3 is 35.9 Å². The Morgan fingerprint density at radius 1 is 0.692 bits per heavy atom. The Kier molecular flexibility index (Phi) is 68.0. The monoisotopic (exact) mass is 371 g/mol. The van der Waals surface area contributed by atoms with Gasteiger partial charge in [-0.3, -0.25) is 0 Å². The molecule has 0 saturated carbocycles. The Morgan fingerprint density at radius 2 is 1.00 bits per heavy atom. The predicted molar refractivity (Wildman–Crippen MR) is 53.2 cm³/mol. The van der Waals surface area contributed by atoms with Gasteiger partial charge in [-0.25, -0.2) is 0 Å². The molecule has 1 radical (unpaired) electrons. The maximum Gasteiger partial charge on any atom is 7.00 e. The van der Waals surface area contributed by atoms with Crippen LogP contribution >= 0.6 is 0 Å². The molecule has 0 aliphatic carbocycles. The minimum absolute atomic E-state index is 0. The third kappa shape index (κ3) is 18.4. The number of rotatable bonds is 0. The fourth-order valence-corrected chi connectivity index (χ4v) is 0.428. The predicted octanol–water partition coefficient (Wildman–Crippen LogP) is 2.20. The van der Waals surface area contributed by atoms with Gasteiger partial charge in [-0.2, -0.15) is 0 Å². The zero-order valence-electron chi connectivity index (χ0n) is 7.72. The van der Waals surface area contributed by atoms with E-state index in [1.54, 1.807) is 24.3 Å².